The molecular weight excluding hydrogens is 328 g/mol. The molecule has 0 spiro atoms. The molecule has 0 fully saturated rings. The van der Waals surface area contributed by atoms with Gasteiger partial charge in [0.05, 0.1) is 18.5 Å². The van der Waals surface area contributed by atoms with E-state index in [0.29, 0.717) is 17.8 Å². The van der Waals surface area contributed by atoms with E-state index in [4.69, 9.17) is 4.74 Å². The van der Waals surface area contributed by atoms with Crippen LogP contribution in [-0.4, -0.2) is 23.0 Å². The molecule has 1 atom stereocenters. The third-order valence-corrected chi connectivity index (χ3v) is 4.92. The third-order valence-electron chi connectivity index (χ3n) is 4.92. The van der Waals surface area contributed by atoms with Crippen LogP contribution in [0.1, 0.15) is 55.3 Å². The van der Waals surface area contributed by atoms with E-state index in [1.165, 1.54) is 7.11 Å². The molecule has 0 saturated carbocycles. The summed E-state index contributed by atoms with van der Waals surface area (Å²) in [6.45, 7) is 2.07. The zero-order valence-corrected chi connectivity index (χ0v) is 14.7. The second-order valence-electron chi connectivity index (χ2n) is 6.30. The highest BCUT2D eigenvalue weighted by Gasteiger charge is 2.45. The number of benzene rings is 1. The number of methoxy groups -OCH3 is 1. The van der Waals surface area contributed by atoms with Gasteiger partial charge in [0.15, 0.2) is 11.4 Å². The molecule has 1 aliphatic rings. The van der Waals surface area contributed by atoms with Gasteiger partial charge in [0.1, 0.15) is 12.1 Å². The number of esters is 1. The molecule has 1 aromatic carbocycles. The summed E-state index contributed by atoms with van der Waals surface area (Å²) in [4.78, 5) is 20.8. The normalized spacial score (nSPS) is 16.9. The number of nitrogens with zero attached hydrogens (tertiary/aromatic N) is 4. The highest BCUT2D eigenvalue weighted by molar-refractivity contribution is 5.78. The first-order valence-electron chi connectivity index (χ1n) is 8.50. The summed E-state index contributed by atoms with van der Waals surface area (Å²) in [5, 5.41) is 18.7. The maximum absolute atomic E-state index is 11.8. The molecule has 0 N–H and O–H groups in total. The summed E-state index contributed by atoms with van der Waals surface area (Å²) in [6, 6.07) is 11.8. The zero-order valence-electron chi connectivity index (χ0n) is 14.7. The third kappa shape index (κ3) is 2.60. The molecule has 1 aromatic heterocycles. The minimum absolute atomic E-state index is 0.0256. The van der Waals surface area contributed by atoms with Crippen molar-refractivity contribution in [3.8, 4) is 23.4 Å². The van der Waals surface area contributed by atoms with E-state index in [-0.39, 0.29) is 23.8 Å². The Labute approximate surface area is 152 Å². The van der Waals surface area contributed by atoms with Crippen LogP contribution in [0.25, 0.3) is 11.3 Å². The van der Waals surface area contributed by atoms with Gasteiger partial charge in [0, 0.05) is 17.4 Å². The Balaban J connectivity index is 2.27. The zero-order chi connectivity index (χ0) is 18.7. The molecule has 1 unspecified atom stereocenters. The van der Waals surface area contributed by atoms with Gasteiger partial charge in [0.25, 0.3) is 0 Å². The van der Waals surface area contributed by atoms with Crippen LogP contribution < -0.4 is 0 Å². The molecule has 1 heterocycles. The topological polar surface area (TPSA) is 99.7 Å². The van der Waals surface area contributed by atoms with Crippen LogP contribution in [0.4, 0.5) is 0 Å². The van der Waals surface area contributed by atoms with Crippen LogP contribution in [0.2, 0.25) is 0 Å². The van der Waals surface area contributed by atoms with Gasteiger partial charge in [-0.2, -0.15) is 10.5 Å². The molecule has 2 aromatic rings. The van der Waals surface area contributed by atoms with E-state index in [1.807, 2.05) is 36.4 Å². The van der Waals surface area contributed by atoms with E-state index in [1.54, 1.807) is 0 Å². The summed E-state index contributed by atoms with van der Waals surface area (Å²) in [6.07, 6.45) is 2.40. The van der Waals surface area contributed by atoms with Gasteiger partial charge in [-0.05, 0) is 18.4 Å². The van der Waals surface area contributed by atoms with Gasteiger partial charge in [-0.15, -0.1) is 0 Å². The number of hydrogen-bond donors (Lipinski definition) is 0. The van der Waals surface area contributed by atoms with Crippen molar-refractivity contribution in [1.29, 1.82) is 10.5 Å². The van der Waals surface area contributed by atoms with Gasteiger partial charge in [-0.1, -0.05) is 37.6 Å². The Morgan fingerprint density at radius 3 is 2.50 bits per heavy atom. The summed E-state index contributed by atoms with van der Waals surface area (Å²) < 4.78 is 4.82. The summed E-state index contributed by atoms with van der Waals surface area (Å²) in [5.74, 6) is -0.284. The monoisotopic (exact) mass is 346 g/mol. The first kappa shape index (κ1) is 17.6. The molecule has 6 heteroatoms. The first-order chi connectivity index (χ1) is 12.6. The fraction of sp³-hybridized carbons (Fsp3) is 0.350. The van der Waals surface area contributed by atoms with Crippen molar-refractivity contribution in [3.63, 3.8) is 0 Å². The predicted octanol–water partition coefficient (Wildman–Crippen LogP) is 3.24. The molecule has 0 radical (unpaired) electrons. The molecule has 3 rings (SSSR count). The number of carbonyl (C=O) groups is 1. The van der Waals surface area contributed by atoms with Gasteiger partial charge in [-0.25, -0.2) is 9.97 Å². The minimum atomic E-state index is -0.512. The Hall–Kier alpha value is -3.25. The second kappa shape index (κ2) is 6.93. The molecule has 26 heavy (non-hydrogen) atoms. The maximum Gasteiger partial charge on any atom is 0.305 e. The molecule has 1 aliphatic carbocycles. The van der Waals surface area contributed by atoms with Crippen molar-refractivity contribution in [1.82, 2.24) is 9.97 Å². The van der Waals surface area contributed by atoms with E-state index in [9.17, 15) is 15.3 Å². The van der Waals surface area contributed by atoms with Crippen LogP contribution in [0.15, 0.2) is 24.3 Å². The quantitative estimate of drug-likeness (QED) is 0.771. The Morgan fingerprint density at radius 2 is 1.85 bits per heavy atom. The lowest BCUT2D eigenvalue weighted by Crippen LogP contribution is -2.28. The lowest BCUT2D eigenvalue weighted by atomic mass is 9.73. The Morgan fingerprint density at radius 1 is 1.15 bits per heavy atom. The SMILES string of the molecule is CCCC1(CCC(=O)OC)c2ccccc2-c2nc(C#N)c(C#N)nc21. The van der Waals surface area contributed by atoms with Crippen molar-refractivity contribution in [2.24, 2.45) is 0 Å². The molecule has 0 aliphatic heterocycles. The van der Waals surface area contributed by atoms with Crippen molar-refractivity contribution >= 4 is 5.97 Å². The fourth-order valence-corrected chi connectivity index (χ4v) is 3.82. The largest absolute Gasteiger partial charge is 0.469 e. The van der Waals surface area contributed by atoms with Crippen LogP contribution in [0.5, 0.6) is 0 Å². The second-order valence-corrected chi connectivity index (χ2v) is 6.30. The van der Waals surface area contributed by atoms with Crippen molar-refractivity contribution < 1.29 is 9.53 Å². The molecule has 130 valence electrons. The van der Waals surface area contributed by atoms with Crippen LogP contribution >= 0.6 is 0 Å². The van der Waals surface area contributed by atoms with E-state index in [2.05, 4.69) is 16.9 Å². The number of hydrogen-bond acceptors (Lipinski definition) is 6. The molecular formula is C20H18N4O2. The molecule has 0 amide bonds. The number of ether oxygens (including phenoxy) is 1. The van der Waals surface area contributed by atoms with Crippen LogP contribution in [0, 0.1) is 22.7 Å². The van der Waals surface area contributed by atoms with Crippen molar-refractivity contribution in [2.45, 2.75) is 38.0 Å². The summed E-state index contributed by atoms with van der Waals surface area (Å²) >= 11 is 0. The molecule has 6 nitrogen and oxygen atoms in total. The smallest absolute Gasteiger partial charge is 0.305 e. The number of carbonyl (C=O) groups excluding carboxylic acids is 1. The number of fused-ring (bicyclic) bond motifs is 3. The van der Waals surface area contributed by atoms with Gasteiger partial charge >= 0.3 is 5.97 Å². The number of nitriles is 2. The highest BCUT2D eigenvalue weighted by Crippen LogP contribution is 2.52. The van der Waals surface area contributed by atoms with Gasteiger partial charge in [0.2, 0.25) is 0 Å². The van der Waals surface area contributed by atoms with Crippen LogP contribution in [-0.2, 0) is 14.9 Å². The lowest BCUT2D eigenvalue weighted by molar-refractivity contribution is -0.141. The summed E-state index contributed by atoms with van der Waals surface area (Å²) in [5.41, 5.74) is 2.81. The average molecular weight is 346 g/mol. The highest BCUT2D eigenvalue weighted by atomic mass is 16.5. The Kier molecular flexibility index (Phi) is 4.69. The standard InChI is InChI=1S/C20H18N4O2/c1-3-9-20(10-8-17(25)26-2)14-7-5-4-6-13(14)18-19(20)24-16(12-22)15(11-21)23-18/h4-7H,3,8-10H2,1-2H3. The van der Waals surface area contributed by atoms with E-state index < -0.39 is 5.41 Å². The van der Waals surface area contributed by atoms with Crippen molar-refractivity contribution in [2.75, 3.05) is 7.11 Å². The van der Waals surface area contributed by atoms with E-state index in [0.717, 1.165) is 24.0 Å². The van der Waals surface area contributed by atoms with Crippen LogP contribution in [0.3, 0.4) is 0 Å². The predicted molar refractivity (Wildman–Crippen MR) is 93.8 cm³/mol. The minimum Gasteiger partial charge on any atom is -0.469 e. The Bertz CT molecular complexity index is 955. The lowest BCUT2D eigenvalue weighted by Gasteiger charge is -2.30. The van der Waals surface area contributed by atoms with Gasteiger partial charge in [-0.3, -0.25) is 4.79 Å². The number of rotatable bonds is 5. The summed E-state index contributed by atoms with van der Waals surface area (Å²) in [7, 11) is 1.37. The van der Waals surface area contributed by atoms with Gasteiger partial charge < -0.3 is 4.74 Å². The van der Waals surface area contributed by atoms with Crippen molar-refractivity contribution in [3.05, 3.63) is 46.9 Å². The fourth-order valence-electron chi connectivity index (χ4n) is 3.82. The van der Waals surface area contributed by atoms with E-state index >= 15 is 0 Å². The maximum atomic E-state index is 11.8. The first-order valence-corrected chi connectivity index (χ1v) is 8.50. The molecule has 0 bridgehead atoms. The average Bonchev–Trinajstić information content (AvgIpc) is 2.95. The number of aromatic nitrogens is 2. The molecule has 0 saturated heterocycles.